The Morgan fingerprint density at radius 3 is 2.42 bits per heavy atom. The van der Waals surface area contributed by atoms with Crippen molar-refractivity contribution in [3.63, 3.8) is 0 Å². The Labute approximate surface area is 70.1 Å². The molecule has 0 spiro atoms. The zero-order chi connectivity index (χ0) is 9.14. The van der Waals surface area contributed by atoms with Gasteiger partial charge in [0.15, 0.2) is 0 Å². The minimum absolute atomic E-state index is 0.180. The Morgan fingerprint density at radius 2 is 2.00 bits per heavy atom. The molecular weight excluding hydrogens is 156 g/mol. The van der Waals surface area contributed by atoms with E-state index in [1.165, 1.54) is 12.2 Å². The third kappa shape index (κ3) is 1.35. The monoisotopic (exact) mass is 164 g/mol. The second-order valence-electron chi connectivity index (χ2n) is 2.59. The normalized spacial score (nSPS) is 18.2. The molecule has 1 atom stereocenters. The molecule has 0 aromatic heterocycles. The molecule has 1 aliphatic rings. The largest absolute Gasteiger partial charge is 0.272 e. The summed E-state index contributed by atoms with van der Waals surface area (Å²) in [7, 11) is 0. The highest BCUT2D eigenvalue weighted by atomic mass is 16.2. The van der Waals surface area contributed by atoms with E-state index in [0.29, 0.717) is 0 Å². The molecule has 1 aliphatic heterocycles. The first-order valence-electron chi connectivity index (χ1n) is 3.59. The van der Waals surface area contributed by atoms with Crippen LogP contribution in [0.25, 0.3) is 0 Å². The predicted octanol–water partition coefficient (Wildman–Crippen LogP) is 0.214. The Bertz CT molecular complexity index is 270. The molecule has 0 radical (unpaired) electrons. The topological polar surface area (TPSA) is 61.2 Å². The van der Waals surface area contributed by atoms with Crippen molar-refractivity contribution in [3.05, 3.63) is 12.2 Å². The van der Waals surface area contributed by atoms with Gasteiger partial charge in [-0.25, -0.2) is 0 Å². The molecule has 4 heteroatoms. The lowest BCUT2D eigenvalue weighted by Crippen LogP contribution is -2.37. The van der Waals surface area contributed by atoms with Crippen LogP contribution in [0, 0.1) is 11.3 Å². The van der Waals surface area contributed by atoms with Crippen molar-refractivity contribution in [1.29, 1.82) is 5.26 Å². The summed E-state index contributed by atoms with van der Waals surface area (Å²) >= 11 is 0. The van der Waals surface area contributed by atoms with E-state index in [4.69, 9.17) is 5.26 Å². The molecule has 0 saturated heterocycles. The molecular formula is C8H8N2O2. The van der Waals surface area contributed by atoms with E-state index < -0.39 is 0 Å². The van der Waals surface area contributed by atoms with Gasteiger partial charge in [0, 0.05) is 12.2 Å². The van der Waals surface area contributed by atoms with Crippen LogP contribution in [0.1, 0.15) is 13.3 Å². The van der Waals surface area contributed by atoms with Crippen LogP contribution in [0.3, 0.4) is 0 Å². The maximum Gasteiger partial charge on any atom is 0.253 e. The number of imide groups is 1. The van der Waals surface area contributed by atoms with Crippen molar-refractivity contribution in [3.8, 4) is 6.07 Å². The lowest BCUT2D eigenvalue weighted by Gasteiger charge is -2.19. The van der Waals surface area contributed by atoms with E-state index in [2.05, 4.69) is 0 Å². The summed E-state index contributed by atoms with van der Waals surface area (Å²) in [4.78, 5) is 23.1. The van der Waals surface area contributed by atoms with Crippen LogP contribution >= 0.6 is 0 Å². The first-order chi connectivity index (χ1) is 5.66. The molecule has 0 aliphatic carbocycles. The van der Waals surface area contributed by atoms with Crippen molar-refractivity contribution < 1.29 is 9.59 Å². The number of nitrogens with zero attached hydrogens (tertiary/aromatic N) is 2. The SMILES string of the molecule is CC(CC#N)N1C(=O)C=CC1=O. The lowest BCUT2D eigenvalue weighted by atomic mass is 10.2. The van der Waals surface area contributed by atoms with Gasteiger partial charge in [-0.2, -0.15) is 5.26 Å². The molecule has 1 unspecified atom stereocenters. The number of carbonyl (C=O) groups is 2. The quantitative estimate of drug-likeness (QED) is 0.548. The summed E-state index contributed by atoms with van der Waals surface area (Å²) in [5.41, 5.74) is 0. The van der Waals surface area contributed by atoms with Crippen molar-refractivity contribution in [2.75, 3.05) is 0 Å². The van der Waals surface area contributed by atoms with Gasteiger partial charge in [-0.15, -0.1) is 0 Å². The lowest BCUT2D eigenvalue weighted by molar-refractivity contribution is -0.138. The molecule has 1 heterocycles. The van der Waals surface area contributed by atoms with E-state index in [9.17, 15) is 9.59 Å². The third-order valence-corrected chi connectivity index (χ3v) is 1.67. The summed E-state index contributed by atoms with van der Waals surface area (Å²) in [5, 5.41) is 8.35. The maximum absolute atomic E-state index is 11.0. The Balaban J connectivity index is 2.71. The van der Waals surface area contributed by atoms with Gasteiger partial charge in [-0.1, -0.05) is 0 Å². The highest BCUT2D eigenvalue weighted by Crippen LogP contribution is 2.10. The molecule has 4 nitrogen and oxygen atoms in total. The van der Waals surface area contributed by atoms with Gasteiger partial charge >= 0.3 is 0 Å². The molecule has 0 fully saturated rings. The molecule has 12 heavy (non-hydrogen) atoms. The van der Waals surface area contributed by atoms with Crippen LogP contribution in [0.5, 0.6) is 0 Å². The van der Waals surface area contributed by atoms with E-state index in [0.717, 1.165) is 4.90 Å². The number of hydrogen-bond acceptors (Lipinski definition) is 3. The molecule has 62 valence electrons. The first kappa shape index (κ1) is 8.47. The molecule has 0 aromatic rings. The fourth-order valence-electron chi connectivity index (χ4n) is 1.07. The van der Waals surface area contributed by atoms with Gasteiger partial charge in [-0.3, -0.25) is 14.5 Å². The van der Waals surface area contributed by atoms with Crippen molar-refractivity contribution in [2.45, 2.75) is 19.4 Å². The van der Waals surface area contributed by atoms with Gasteiger partial charge in [0.25, 0.3) is 11.8 Å². The summed E-state index contributed by atoms with van der Waals surface area (Å²) in [6.45, 7) is 1.67. The average Bonchev–Trinajstić information content (AvgIpc) is 2.32. The first-order valence-corrected chi connectivity index (χ1v) is 3.59. The van der Waals surface area contributed by atoms with Gasteiger partial charge in [-0.05, 0) is 6.92 Å². The molecule has 0 saturated carbocycles. The van der Waals surface area contributed by atoms with Crippen LogP contribution < -0.4 is 0 Å². The van der Waals surface area contributed by atoms with Gasteiger partial charge in [0.1, 0.15) is 0 Å². The Kier molecular flexibility index (Phi) is 2.24. The summed E-state index contributed by atoms with van der Waals surface area (Å²) in [6, 6.07) is 1.58. The van der Waals surface area contributed by atoms with Gasteiger partial charge < -0.3 is 0 Å². The van der Waals surface area contributed by atoms with Crippen LogP contribution in [0.4, 0.5) is 0 Å². The van der Waals surface area contributed by atoms with Crippen molar-refractivity contribution in [1.82, 2.24) is 4.90 Å². The Morgan fingerprint density at radius 1 is 1.50 bits per heavy atom. The van der Waals surface area contributed by atoms with Crippen LogP contribution in [-0.4, -0.2) is 22.8 Å². The van der Waals surface area contributed by atoms with Crippen molar-refractivity contribution in [2.24, 2.45) is 0 Å². The van der Waals surface area contributed by atoms with Gasteiger partial charge in [0.2, 0.25) is 0 Å². The van der Waals surface area contributed by atoms with E-state index in [1.807, 2.05) is 6.07 Å². The predicted molar refractivity (Wildman–Crippen MR) is 40.7 cm³/mol. The number of carbonyl (C=O) groups excluding carboxylic acids is 2. The van der Waals surface area contributed by atoms with E-state index in [1.54, 1.807) is 6.92 Å². The van der Waals surface area contributed by atoms with Crippen molar-refractivity contribution >= 4 is 11.8 Å². The van der Waals surface area contributed by atoms with E-state index >= 15 is 0 Å². The fraction of sp³-hybridized carbons (Fsp3) is 0.375. The smallest absolute Gasteiger partial charge is 0.253 e. The highest BCUT2D eigenvalue weighted by molar-refractivity contribution is 6.13. The minimum atomic E-state index is -0.331. The molecule has 1 rings (SSSR count). The molecule has 0 aromatic carbocycles. The fourth-order valence-corrected chi connectivity index (χ4v) is 1.07. The number of rotatable bonds is 2. The zero-order valence-corrected chi connectivity index (χ0v) is 6.65. The second-order valence-corrected chi connectivity index (χ2v) is 2.59. The summed E-state index contributed by atoms with van der Waals surface area (Å²) in [5.74, 6) is -0.662. The molecule has 0 N–H and O–H groups in total. The summed E-state index contributed by atoms with van der Waals surface area (Å²) in [6.07, 6.45) is 2.62. The second kappa shape index (κ2) is 3.18. The third-order valence-electron chi connectivity index (χ3n) is 1.67. The maximum atomic E-state index is 11.0. The minimum Gasteiger partial charge on any atom is -0.272 e. The Hall–Kier alpha value is -1.63. The molecule has 0 bridgehead atoms. The van der Waals surface area contributed by atoms with Gasteiger partial charge in [0.05, 0.1) is 18.5 Å². The standard InChI is InChI=1S/C8H8N2O2/c1-6(4-5-9)10-7(11)2-3-8(10)12/h2-3,6H,4H2,1H3. The molecule has 2 amide bonds. The summed E-state index contributed by atoms with van der Waals surface area (Å²) < 4.78 is 0. The average molecular weight is 164 g/mol. The van der Waals surface area contributed by atoms with E-state index in [-0.39, 0.29) is 24.3 Å². The van der Waals surface area contributed by atoms with Crippen LogP contribution in [0.2, 0.25) is 0 Å². The highest BCUT2D eigenvalue weighted by Gasteiger charge is 2.27. The van der Waals surface area contributed by atoms with Crippen LogP contribution in [-0.2, 0) is 9.59 Å². The number of amides is 2. The number of hydrogen-bond donors (Lipinski definition) is 0. The number of nitriles is 1. The van der Waals surface area contributed by atoms with Crippen LogP contribution in [0.15, 0.2) is 12.2 Å². The zero-order valence-electron chi connectivity index (χ0n) is 6.65.